The molecule has 0 amide bonds. The summed E-state index contributed by atoms with van der Waals surface area (Å²) in [7, 11) is 1.48. The second-order valence-corrected chi connectivity index (χ2v) is 4.67. The van der Waals surface area contributed by atoms with Gasteiger partial charge in [-0.25, -0.2) is 0 Å². The molecule has 0 radical (unpaired) electrons. The van der Waals surface area contributed by atoms with Gasteiger partial charge in [-0.3, -0.25) is 0 Å². The van der Waals surface area contributed by atoms with Crippen LogP contribution in [0.4, 0.5) is 14.5 Å². The Labute approximate surface area is 97.1 Å². The third kappa shape index (κ3) is 2.34. The Bertz CT molecular complexity index is 416. The first kappa shape index (κ1) is 12.5. The summed E-state index contributed by atoms with van der Waals surface area (Å²) in [5, 5.41) is 7.11. The minimum absolute atomic E-state index is 0.153. The van der Waals surface area contributed by atoms with Crippen molar-refractivity contribution in [2.24, 2.45) is 0 Å². The average molecular weight is 295 g/mol. The van der Waals surface area contributed by atoms with E-state index in [-0.39, 0.29) is 15.6 Å². The molecular formula is C9H10BrF2N2P. The van der Waals surface area contributed by atoms with Gasteiger partial charge < -0.3 is 11.1 Å². The molecule has 0 aromatic heterocycles. The van der Waals surface area contributed by atoms with Crippen molar-refractivity contribution in [2.75, 3.05) is 5.73 Å². The topological polar surface area (TPSA) is 49.9 Å². The fraction of sp³-hybridized carbons (Fsp3) is 0.222. The van der Waals surface area contributed by atoms with Gasteiger partial charge in [0.15, 0.2) is 0 Å². The van der Waals surface area contributed by atoms with Crippen LogP contribution in [0.5, 0.6) is 0 Å². The van der Waals surface area contributed by atoms with Crippen LogP contribution in [0.3, 0.4) is 0 Å². The molecule has 1 aromatic rings. The highest BCUT2D eigenvalue weighted by atomic mass is 79.9. The molecule has 82 valence electrons. The fourth-order valence-electron chi connectivity index (χ4n) is 1.37. The number of anilines is 1. The lowest BCUT2D eigenvalue weighted by Gasteiger charge is -2.18. The van der Waals surface area contributed by atoms with Crippen molar-refractivity contribution in [3.63, 3.8) is 0 Å². The van der Waals surface area contributed by atoms with Gasteiger partial charge in [0.25, 0.3) is 5.66 Å². The van der Waals surface area contributed by atoms with Gasteiger partial charge in [-0.2, -0.15) is 8.78 Å². The molecule has 0 bridgehead atoms. The zero-order valence-corrected chi connectivity index (χ0v) is 10.7. The minimum atomic E-state index is -3.03. The highest BCUT2D eigenvalue weighted by molar-refractivity contribution is 9.10. The van der Waals surface area contributed by atoms with E-state index >= 15 is 0 Å². The Morgan fingerprint density at radius 1 is 1.60 bits per heavy atom. The number of alkyl halides is 2. The molecule has 1 atom stereocenters. The van der Waals surface area contributed by atoms with Crippen LogP contribution in [0, 0.1) is 12.3 Å². The van der Waals surface area contributed by atoms with Crippen LogP contribution >= 0.6 is 25.2 Å². The van der Waals surface area contributed by atoms with Gasteiger partial charge in [-0.05, 0) is 34.5 Å². The second kappa shape index (κ2) is 4.14. The van der Waals surface area contributed by atoms with Gasteiger partial charge in [0.05, 0.1) is 0 Å². The lowest BCUT2D eigenvalue weighted by atomic mass is 10.0. The third-order valence-corrected chi connectivity index (χ3v) is 3.12. The highest BCUT2D eigenvalue weighted by Crippen LogP contribution is 2.43. The summed E-state index contributed by atoms with van der Waals surface area (Å²) in [6.07, 6.45) is 0.957. The van der Waals surface area contributed by atoms with E-state index in [1.54, 1.807) is 6.92 Å². The maximum absolute atomic E-state index is 13.2. The van der Waals surface area contributed by atoms with E-state index in [2.05, 4.69) is 15.9 Å². The summed E-state index contributed by atoms with van der Waals surface area (Å²) >= 11 is 3.05. The first-order valence-electron chi connectivity index (χ1n) is 4.05. The summed E-state index contributed by atoms with van der Waals surface area (Å²) in [6.45, 7) is 1.56. The number of aryl methyl sites for hydroxylation is 1. The molecule has 6 heteroatoms. The van der Waals surface area contributed by atoms with Crippen molar-refractivity contribution in [3.05, 3.63) is 27.2 Å². The predicted octanol–water partition coefficient (Wildman–Crippen LogP) is 3.26. The standard InChI is InChI=1S/C9H10BrF2N2P/c1-4-2-6(14)5(3-13)8(10)7(4)9(11,12)15/h2-3,13H,14-15H2,1H3. The van der Waals surface area contributed by atoms with Crippen LogP contribution in [0.25, 0.3) is 0 Å². The zero-order valence-electron chi connectivity index (χ0n) is 7.94. The van der Waals surface area contributed by atoms with E-state index in [1.165, 1.54) is 15.3 Å². The van der Waals surface area contributed by atoms with Gasteiger partial charge in [0, 0.05) is 27.5 Å². The summed E-state index contributed by atoms with van der Waals surface area (Å²) in [6, 6.07) is 1.44. The molecule has 1 rings (SSSR count). The molecule has 1 unspecified atom stereocenters. The van der Waals surface area contributed by atoms with Crippen molar-refractivity contribution < 1.29 is 8.78 Å². The van der Waals surface area contributed by atoms with Crippen LogP contribution in [-0.2, 0) is 5.66 Å². The van der Waals surface area contributed by atoms with Crippen LogP contribution < -0.4 is 5.73 Å². The smallest absolute Gasteiger partial charge is 0.285 e. The largest absolute Gasteiger partial charge is 0.398 e. The maximum atomic E-state index is 13.2. The van der Waals surface area contributed by atoms with Gasteiger partial charge in [0.2, 0.25) is 0 Å². The van der Waals surface area contributed by atoms with Crippen molar-refractivity contribution in [1.29, 1.82) is 5.41 Å². The van der Waals surface area contributed by atoms with Gasteiger partial charge >= 0.3 is 0 Å². The van der Waals surface area contributed by atoms with Crippen molar-refractivity contribution in [2.45, 2.75) is 12.6 Å². The SMILES string of the molecule is Cc1cc(N)c(C=N)c(Br)c1C(F)(F)P. The average Bonchev–Trinajstić information content (AvgIpc) is 2.00. The second-order valence-electron chi connectivity index (χ2n) is 3.15. The van der Waals surface area contributed by atoms with Gasteiger partial charge in [-0.1, -0.05) is 9.24 Å². The highest BCUT2D eigenvalue weighted by Gasteiger charge is 2.30. The molecule has 3 N–H and O–H groups in total. The predicted molar refractivity (Wildman–Crippen MR) is 64.8 cm³/mol. The zero-order chi connectivity index (χ0) is 11.8. The van der Waals surface area contributed by atoms with Crippen LogP contribution in [0.15, 0.2) is 10.5 Å². The first-order chi connectivity index (χ1) is 6.79. The number of rotatable bonds is 2. The molecule has 0 saturated carbocycles. The number of benzene rings is 1. The normalized spacial score (nSPS) is 11.5. The monoisotopic (exact) mass is 294 g/mol. The Hall–Kier alpha value is -0.540. The Balaban J connectivity index is 3.60. The maximum Gasteiger partial charge on any atom is 0.285 e. The summed E-state index contributed by atoms with van der Waals surface area (Å²) in [5.74, 6) is 0. The molecule has 0 aliphatic heterocycles. The number of nitrogen functional groups attached to an aromatic ring is 1. The number of halogens is 3. The molecule has 15 heavy (non-hydrogen) atoms. The summed E-state index contributed by atoms with van der Waals surface area (Å²) < 4.78 is 26.7. The molecule has 0 aliphatic carbocycles. The van der Waals surface area contributed by atoms with Crippen molar-refractivity contribution in [1.82, 2.24) is 0 Å². The van der Waals surface area contributed by atoms with Crippen LogP contribution in [0.1, 0.15) is 16.7 Å². The lowest BCUT2D eigenvalue weighted by molar-refractivity contribution is 0.102. The van der Waals surface area contributed by atoms with E-state index in [0.717, 1.165) is 6.21 Å². The molecular weight excluding hydrogens is 285 g/mol. The molecule has 0 fully saturated rings. The lowest BCUT2D eigenvalue weighted by Crippen LogP contribution is -2.10. The quantitative estimate of drug-likeness (QED) is 0.491. The van der Waals surface area contributed by atoms with Crippen molar-refractivity contribution in [3.8, 4) is 0 Å². The number of nitrogens with two attached hydrogens (primary N) is 1. The Kier molecular flexibility index (Phi) is 3.46. The number of hydrogen-bond acceptors (Lipinski definition) is 2. The number of hydrogen-bond donors (Lipinski definition) is 2. The van der Waals surface area contributed by atoms with Crippen LogP contribution in [-0.4, -0.2) is 6.21 Å². The first-order valence-corrected chi connectivity index (χ1v) is 5.42. The fourth-order valence-corrected chi connectivity index (χ4v) is 2.88. The summed E-state index contributed by atoms with van der Waals surface area (Å²) in [5.41, 5.74) is 3.41. The molecule has 1 aromatic carbocycles. The number of nitrogens with one attached hydrogen (secondary N) is 1. The van der Waals surface area contributed by atoms with Gasteiger partial charge in [-0.15, -0.1) is 0 Å². The Morgan fingerprint density at radius 3 is 2.53 bits per heavy atom. The molecule has 0 spiro atoms. The van der Waals surface area contributed by atoms with Crippen molar-refractivity contribution >= 4 is 37.1 Å². The minimum Gasteiger partial charge on any atom is -0.398 e. The van der Waals surface area contributed by atoms with Gasteiger partial charge in [0.1, 0.15) is 0 Å². The molecule has 0 aliphatic rings. The van der Waals surface area contributed by atoms with E-state index in [4.69, 9.17) is 11.1 Å². The molecule has 0 saturated heterocycles. The van der Waals surface area contributed by atoms with E-state index in [0.29, 0.717) is 11.3 Å². The van der Waals surface area contributed by atoms with E-state index in [9.17, 15) is 8.78 Å². The Morgan fingerprint density at radius 2 is 2.13 bits per heavy atom. The molecule has 2 nitrogen and oxygen atoms in total. The molecule has 0 heterocycles. The van der Waals surface area contributed by atoms with E-state index < -0.39 is 5.66 Å². The summed E-state index contributed by atoms with van der Waals surface area (Å²) in [4.78, 5) is 0. The van der Waals surface area contributed by atoms with E-state index in [1.807, 2.05) is 0 Å². The van der Waals surface area contributed by atoms with Crippen LogP contribution in [0.2, 0.25) is 0 Å². The third-order valence-electron chi connectivity index (χ3n) is 2.01.